The van der Waals surface area contributed by atoms with Crippen molar-refractivity contribution in [1.82, 2.24) is 10.2 Å². The number of nitrogens with zero attached hydrogens (tertiary/aromatic N) is 2. The number of nitrogens with one attached hydrogen (secondary N) is 1. The molecule has 1 N–H and O–H groups in total. The molecule has 1 atom stereocenters. The topological polar surface area (TPSA) is 86.8 Å². The SMILES string of the molecule is CCCNC(=O)C(Cc1ccccc1)N(Cc1ccc(F)cc1)C(=O)CN(c1ccccc1)S(=O)(=O)c1ccc(Cl)cc1. The summed E-state index contributed by atoms with van der Waals surface area (Å²) in [6.45, 7) is 1.71. The molecule has 10 heteroatoms. The van der Waals surface area contributed by atoms with E-state index in [1.807, 2.05) is 37.3 Å². The van der Waals surface area contributed by atoms with Crippen LogP contribution in [0.2, 0.25) is 5.02 Å². The van der Waals surface area contributed by atoms with Gasteiger partial charge in [-0.05, 0) is 66.1 Å². The van der Waals surface area contributed by atoms with E-state index in [-0.39, 0.29) is 29.5 Å². The van der Waals surface area contributed by atoms with E-state index < -0.39 is 34.3 Å². The first-order valence-corrected chi connectivity index (χ1v) is 15.7. The van der Waals surface area contributed by atoms with Crippen LogP contribution in [-0.2, 0) is 32.6 Å². The normalized spacial score (nSPS) is 11.9. The van der Waals surface area contributed by atoms with Crippen molar-refractivity contribution in [2.75, 3.05) is 17.4 Å². The highest BCUT2D eigenvalue weighted by molar-refractivity contribution is 7.92. The first-order valence-electron chi connectivity index (χ1n) is 13.9. The highest BCUT2D eigenvalue weighted by Crippen LogP contribution is 2.26. The summed E-state index contributed by atoms with van der Waals surface area (Å²) in [4.78, 5) is 29.2. The molecule has 1 unspecified atom stereocenters. The van der Waals surface area contributed by atoms with Crippen LogP contribution in [0.5, 0.6) is 0 Å². The number of rotatable bonds is 13. The lowest BCUT2D eigenvalue weighted by Crippen LogP contribution is -2.53. The molecule has 4 rings (SSSR count). The fourth-order valence-corrected chi connectivity index (χ4v) is 6.10. The molecule has 7 nitrogen and oxygen atoms in total. The molecule has 0 aromatic heterocycles. The fourth-order valence-electron chi connectivity index (χ4n) is 4.56. The van der Waals surface area contributed by atoms with Gasteiger partial charge in [0, 0.05) is 24.5 Å². The minimum absolute atomic E-state index is 0.0415. The van der Waals surface area contributed by atoms with Crippen LogP contribution in [0.15, 0.2) is 114 Å². The third kappa shape index (κ3) is 8.43. The Morgan fingerprint density at radius 1 is 0.837 bits per heavy atom. The predicted octanol–water partition coefficient (Wildman–Crippen LogP) is 5.84. The maximum atomic E-state index is 14.3. The Kier molecular flexibility index (Phi) is 10.9. The van der Waals surface area contributed by atoms with Crippen molar-refractivity contribution >= 4 is 39.1 Å². The molecule has 0 heterocycles. The number of hydrogen-bond donors (Lipinski definition) is 1. The summed E-state index contributed by atoms with van der Waals surface area (Å²) in [5.41, 5.74) is 1.69. The van der Waals surface area contributed by atoms with E-state index in [1.165, 1.54) is 41.3 Å². The van der Waals surface area contributed by atoms with E-state index in [0.29, 0.717) is 23.6 Å². The van der Waals surface area contributed by atoms with Crippen molar-refractivity contribution in [3.05, 3.63) is 131 Å². The van der Waals surface area contributed by atoms with Crippen molar-refractivity contribution in [1.29, 1.82) is 0 Å². The van der Waals surface area contributed by atoms with Crippen molar-refractivity contribution in [2.24, 2.45) is 0 Å². The van der Waals surface area contributed by atoms with Crippen LogP contribution >= 0.6 is 11.6 Å². The number of carbonyl (C=O) groups excluding carboxylic acids is 2. The van der Waals surface area contributed by atoms with E-state index >= 15 is 0 Å². The average molecular weight is 622 g/mol. The number of amides is 2. The molecule has 0 bridgehead atoms. The summed E-state index contributed by atoms with van der Waals surface area (Å²) < 4.78 is 42.6. The second kappa shape index (κ2) is 14.8. The van der Waals surface area contributed by atoms with E-state index in [9.17, 15) is 22.4 Å². The number of carbonyl (C=O) groups is 2. The predicted molar refractivity (Wildman–Crippen MR) is 167 cm³/mol. The maximum Gasteiger partial charge on any atom is 0.264 e. The zero-order valence-corrected chi connectivity index (χ0v) is 25.3. The van der Waals surface area contributed by atoms with Crippen LogP contribution in [0.25, 0.3) is 0 Å². The Balaban J connectivity index is 1.77. The Bertz CT molecular complexity index is 1600. The fraction of sp³-hybridized carbons (Fsp3) is 0.212. The van der Waals surface area contributed by atoms with Crippen LogP contribution in [0, 0.1) is 5.82 Å². The highest BCUT2D eigenvalue weighted by Gasteiger charge is 2.34. The summed E-state index contributed by atoms with van der Waals surface area (Å²) >= 11 is 6.01. The number of para-hydroxylation sites is 1. The van der Waals surface area contributed by atoms with Crippen LogP contribution in [0.3, 0.4) is 0 Å². The molecule has 0 aliphatic rings. The van der Waals surface area contributed by atoms with Crippen molar-refractivity contribution in [3.8, 4) is 0 Å². The summed E-state index contributed by atoms with van der Waals surface area (Å²) in [6, 6.07) is 27.9. The Morgan fingerprint density at radius 2 is 1.44 bits per heavy atom. The summed E-state index contributed by atoms with van der Waals surface area (Å²) in [5.74, 6) is -1.40. The molecule has 4 aromatic rings. The molecule has 43 heavy (non-hydrogen) atoms. The van der Waals surface area contributed by atoms with Gasteiger partial charge >= 0.3 is 0 Å². The molecule has 0 spiro atoms. The molecule has 0 aliphatic heterocycles. The number of sulfonamides is 1. The Morgan fingerprint density at radius 3 is 2.05 bits per heavy atom. The lowest BCUT2D eigenvalue weighted by molar-refractivity contribution is -0.140. The standard InChI is InChI=1S/C33H33ClFN3O4S/c1-2-21-36-33(40)31(22-25-9-5-3-6-10-25)37(23-26-13-17-28(35)18-14-26)32(39)24-38(29-11-7-4-8-12-29)43(41,42)30-19-15-27(34)16-20-30/h3-20,31H,2,21-24H2,1H3,(H,36,40). The number of benzene rings is 4. The van der Waals surface area contributed by atoms with Crippen LogP contribution in [-0.4, -0.2) is 44.3 Å². The lowest BCUT2D eigenvalue weighted by Gasteiger charge is -2.34. The average Bonchev–Trinajstić information content (AvgIpc) is 3.02. The van der Waals surface area contributed by atoms with Gasteiger partial charge in [-0.2, -0.15) is 0 Å². The summed E-state index contributed by atoms with van der Waals surface area (Å²) in [7, 11) is -4.22. The monoisotopic (exact) mass is 621 g/mol. The number of halogens is 2. The molecule has 2 amide bonds. The minimum Gasteiger partial charge on any atom is -0.354 e. The van der Waals surface area contributed by atoms with Crippen LogP contribution in [0.4, 0.5) is 10.1 Å². The molecule has 0 fully saturated rings. The molecule has 0 saturated carbocycles. The minimum atomic E-state index is -4.22. The van der Waals surface area contributed by atoms with Gasteiger partial charge in [0.2, 0.25) is 11.8 Å². The maximum absolute atomic E-state index is 14.3. The largest absolute Gasteiger partial charge is 0.354 e. The van der Waals surface area contributed by atoms with Crippen molar-refractivity contribution in [2.45, 2.75) is 37.2 Å². The zero-order valence-electron chi connectivity index (χ0n) is 23.7. The van der Waals surface area contributed by atoms with Gasteiger partial charge in [0.05, 0.1) is 10.6 Å². The van der Waals surface area contributed by atoms with E-state index in [1.54, 1.807) is 42.5 Å². The van der Waals surface area contributed by atoms with E-state index in [4.69, 9.17) is 11.6 Å². The third-order valence-corrected chi connectivity index (χ3v) is 8.85. The van der Waals surface area contributed by atoms with Gasteiger partial charge in [-0.25, -0.2) is 12.8 Å². The van der Waals surface area contributed by atoms with Gasteiger partial charge in [-0.1, -0.05) is 79.2 Å². The first kappa shape index (κ1) is 31.7. The molecular formula is C33H33ClFN3O4S. The van der Waals surface area contributed by atoms with Gasteiger partial charge in [0.15, 0.2) is 0 Å². The summed E-state index contributed by atoms with van der Waals surface area (Å²) in [5, 5.41) is 3.26. The molecule has 0 aliphatic carbocycles. The van der Waals surface area contributed by atoms with E-state index in [2.05, 4.69) is 5.32 Å². The van der Waals surface area contributed by atoms with Gasteiger partial charge in [0.25, 0.3) is 10.0 Å². The zero-order chi connectivity index (χ0) is 30.8. The molecule has 224 valence electrons. The first-order chi connectivity index (χ1) is 20.7. The number of anilines is 1. The van der Waals surface area contributed by atoms with Gasteiger partial charge in [-0.3, -0.25) is 13.9 Å². The van der Waals surface area contributed by atoms with Crippen molar-refractivity contribution in [3.63, 3.8) is 0 Å². The lowest BCUT2D eigenvalue weighted by atomic mass is 10.0. The molecule has 4 aromatic carbocycles. The van der Waals surface area contributed by atoms with E-state index in [0.717, 1.165) is 9.87 Å². The third-order valence-electron chi connectivity index (χ3n) is 6.81. The second-order valence-corrected chi connectivity index (χ2v) is 12.2. The number of hydrogen-bond acceptors (Lipinski definition) is 4. The molecule has 0 saturated heterocycles. The van der Waals surface area contributed by atoms with Gasteiger partial charge in [0.1, 0.15) is 18.4 Å². The summed E-state index contributed by atoms with van der Waals surface area (Å²) in [6.07, 6.45) is 0.884. The van der Waals surface area contributed by atoms with Gasteiger partial charge in [-0.15, -0.1) is 0 Å². The van der Waals surface area contributed by atoms with Gasteiger partial charge < -0.3 is 10.2 Å². The van der Waals surface area contributed by atoms with Crippen LogP contribution in [0.1, 0.15) is 24.5 Å². The molecule has 0 radical (unpaired) electrons. The highest BCUT2D eigenvalue weighted by atomic mass is 35.5. The van der Waals surface area contributed by atoms with Crippen LogP contribution < -0.4 is 9.62 Å². The second-order valence-electron chi connectivity index (χ2n) is 9.95. The Hall–Kier alpha value is -4.21. The quantitative estimate of drug-likeness (QED) is 0.203. The van der Waals surface area contributed by atoms with Crippen molar-refractivity contribution < 1.29 is 22.4 Å². The smallest absolute Gasteiger partial charge is 0.264 e. The molecular weight excluding hydrogens is 589 g/mol. The Labute approximate surface area is 257 Å².